The van der Waals surface area contributed by atoms with Crippen molar-refractivity contribution in [3.63, 3.8) is 0 Å². The Morgan fingerprint density at radius 1 is 1.32 bits per heavy atom. The largest absolute Gasteiger partial charge is 0.335 e. The molecule has 0 bridgehead atoms. The average molecular weight is 265 g/mol. The van der Waals surface area contributed by atoms with E-state index in [0.717, 1.165) is 18.4 Å². The van der Waals surface area contributed by atoms with Gasteiger partial charge >= 0.3 is 0 Å². The Labute approximate surface area is 111 Å². The lowest BCUT2D eigenvalue weighted by atomic mass is 10.0. The molecule has 5 heteroatoms. The minimum absolute atomic E-state index is 0.243. The minimum atomic E-state index is -0.573. The fourth-order valence-electron chi connectivity index (χ4n) is 2.09. The van der Waals surface area contributed by atoms with Crippen molar-refractivity contribution in [2.24, 2.45) is 5.73 Å². The number of benzene rings is 1. The second-order valence-corrected chi connectivity index (χ2v) is 4.53. The molecule has 102 valence electrons. The van der Waals surface area contributed by atoms with Crippen LogP contribution in [0, 0.1) is 11.6 Å². The van der Waals surface area contributed by atoms with E-state index in [1.807, 2.05) is 17.7 Å². The lowest BCUT2D eigenvalue weighted by Gasteiger charge is -2.13. The maximum absolute atomic E-state index is 13.5. The van der Waals surface area contributed by atoms with Crippen molar-refractivity contribution in [3.8, 4) is 0 Å². The van der Waals surface area contributed by atoms with Crippen LogP contribution in [0.2, 0.25) is 0 Å². The topological polar surface area (TPSA) is 43.8 Å². The molecule has 0 spiro atoms. The van der Waals surface area contributed by atoms with Gasteiger partial charge in [0.1, 0.15) is 17.5 Å². The summed E-state index contributed by atoms with van der Waals surface area (Å²) in [6.45, 7) is 2.85. The number of nitrogens with zero attached hydrogens (tertiary/aromatic N) is 2. The summed E-state index contributed by atoms with van der Waals surface area (Å²) < 4.78 is 28.3. The molecule has 0 saturated carbocycles. The Morgan fingerprint density at radius 3 is 2.79 bits per heavy atom. The number of hydrogen-bond donors (Lipinski definition) is 1. The highest BCUT2D eigenvalue weighted by Gasteiger charge is 2.12. The Hall–Kier alpha value is -1.75. The van der Waals surface area contributed by atoms with Gasteiger partial charge in [-0.3, -0.25) is 0 Å². The monoisotopic (exact) mass is 265 g/mol. The Kier molecular flexibility index (Phi) is 4.27. The molecule has 0 aliphatic rings. The van der Waals surface area contributed by atoms with E-state index < -0.39 is 11.6 Å². The number of hydrogen-bond acceptors (Lipinski definition) is 2. The summed E-state index contributed by atoms with van der Waals surface area (Å²) in [7, 11) is 0. The zero-order chi connectivity index (χ0) is 13.8. The van der Waals surface area contributed by atoms with Crippen molar-refractivity contribution < 1.29 is 8.78 Å². The zero-order valence-electron chi connectivity index (χ0n) is 10.8. The number of halogens is 2. The average Bonchev–Trinajstić information content (AvgIpc) is 2.80. The van der Waals surface area contributed by atoms with Gasteiger partial charge in [-0.15, -0.1) is 0 Å². The van der Waals surface area contributed by atoms with Gasteiger partial charge in [-0.2, -0.15) is 0 Å². The third kappa shape index (κ3) is 3.38. The summed E-state index contributed by atoms with van der Waals surface area (Å²) in [6.07, 6.45) is 4.55. The van der Waals surface area contributed by atoms with Crippen LogP contribution >= 0.6 is 0 Å². The molecule has 0 aliphatic heterocycles. The van der Waals surface area contributed by atoms with Crippen molar-refractivity contribution in [2.75, 3.05) is 0 Å². The van der Waals surface area contributed by atoms with E-state index in [1.165, 1.54) is 12.1 Å². The summed E-state index contributed by atoms with van der Waals surface area (Å²) in [5, 5.41) is 0. The smallest absolute Gasteiger partial charge is 0.129 e. The van der Waals surface area contributed by atoms with Gasteiger partial charge in [-0.25, -0.2) is 13.8 Å². The Morgan fingerprint density at radius 2 is 2.11 bits per heavy atom. The van der Waals surface area contributed by atoms with Gasteiger partial charge in [0.05, 0.1) is 0 Å². The van der Waals surface area contributed by atoms with E-state index in [4.69, 9.17) is 5.73 Å². The first-order valence-corrected chi connectivity index (χ1v) is 6.29. The van der Waals surface area contributed by atoms with Crippen molar-refractivity contribution in [1.29, 1.82) is 0 Å². The van der Waals surface area contributed by atoms with Crippen LogP contribution < -0.4 is 5.73 Å². The highest BCUT2D eigenvalue weighted by molar-refractivity contribution is 5.19. The van der Waals surface area contributed by atoms with E-state index >= 15 is 0 Å². The minimum Gasteiger partial charge on any atom is -0.335 e. The molecule has 0 radical (unpaired) electrons. The van der Waals surface area contributed by atoms with Gasteiger partial charge in [-0.05, 0) is 25.0 Å². The molecule has 2 aromatic rings. The van der Waals surface area contributed by atoms with Crippen LogP contribution in [0.25, 0.3) is 0 Å². The highest BCUT2D eigenvalue weighted by Crippen LogP contribution is 2.12. The molecule has 2 N–H and O–H groups in total. The molecule has 1 heterocycles. The number of nitrogens with two attached hydrogens (primary N) is 1. The fraction of sp³-hybridized carbons (Fsp3) is 0.357. The molecule has 1 atom stereocenters. The molecule has 1 aromatic carbocycles. The SMILES string of the molecule is CCn1ccnc1CC(N)Cc1ccc(F)cc1F. The van der Waals surface area contributed by atoms with E-state index in [9.17, 15) is 8.78 Å². The molecule has 0 aliphatic carbocycles. The summed E-state index contributed by atoms with van der Waals surface area (Å²) in [6, 6.07) is 3.33. The summed E-state index contributed by atoms with van der Waals surface area (Å²) >= 11 is 0. The predicted octanol–water partition coefficient (Wildman–Crippen LogP) is 2.29. The second kappa shape index (κ2) is 5.93. The summed E-state index contributed by atoms with van der Waals surface area (Å²) in [5.74, 6) is -0.233. The molecule has 0 amide bonds. The first-order chi connectivity index (χ1) is 9.10. The molecule has 0 fully saturated rings. The molecule has 1 aromatic heterocycles. The van der Waals surface area contributed by atoms with E-state index in [-0.39, 0.29) is 6.04 Å². The standard InChI is InChI=1S/C14H17F2N3/c1-2-19-6-5-18-14(19)9-12(17)7-10-3-4-11(15)8-13(10)16/h3-6,8,12H,2,7,9,17H2,1H3. The maximum atomic E-state index is 13.5. The highest BCUT2D eigenvalue weighted by atomic mass is 19.1. The van der Waals surface area contributed by atoms with Gasteiger partial charge in [0.15, 0.2) is 0 Å². The molecular weight excluding hydrogens is 248 g/mol. The van der Waals surface area contributed by atoms with Crippen LogP contribution in [0.4, 0.5) is 8.78 Å². The van der Waals surface area contributed by atoms with Crippen LogP contribution in [0.1, 0.15) is 18.3 Å². The molecule has 2 rings (SSSR count). The molecule has 3 nitrogen and oxygen atoms in total. The predicted molar refractivity (Wildman–Crippen MR) is 69.6 cm³/mol. The molecule has 1 unspecified atom stereocenters. The van der Waals surface area contributed by atoms with E-state index in [1.54, 1.807) is 6.20 Å². The maximum Gasteiger partial charge on any atom is 0.129 e. The van der Waals surface area contributed by atoms with Crippen LogP contribution in [-0.2, 0) is 19.4 Å². The van der Waals surface area contributed by atoms with Gasteiger partial charge in [0.2, 0.25) is 0 Å². The Bertz CT molecular complexity index is 551. The van der Waals surface area contributed by atoms with Crippen LogP contribution in [0.5, 0.6) is 0 Å². The normalized spacial score (nSPS) is 12.6. The lowest BCUT2D eigenvalue weighted by Crippen LogP contribution is -2.27. The van der Waals surface area contributed by atoms with E-state index in [2.05, 4.69) is 4.98 Å². The van der Waals surface area contributed by atoms with E-state index in [0.29, 0.717) is 18.4 Å². The molecular formula is C14H17F2N3. The lowest BCUT2D eigenvalue weighted by molar-refractivity contribution is 0.550. The van der Waals surface area contributed by atoms with Crippen LogP contribution in [-0.4, -0.2) is 15.6 Å². The second-order valence-electron chi connectivity index (χ2n) is 4.53. The quantitative estimate of drug-likeness (QED) is 0.901. The van der Waals surface area contributed by atoms with Crippen molar-refractivity contribution in [3.05, 3.63) is 53.6 Å². The van der Waals surface area contributed by atoms with Gasteiger partial charge in [-0.1, -0.05) is 6.07 Å². The first kappa shape index (κ1) is 13.7. The van der Waals surface area contributed by atoms with Crippen molar-refractivity contribution >= 4 is 0 Å². The van der Waals surface area contributed by atoms with Crippen LogP contribution in [0.15, 0.2) is 30.6 Å². The van der Waals surface area contributed by atoms with Gasteiger partial charge in [0, 0.05) is 37.5 Å². The third-order valence-electron chi connectivity index (χ3n) is 3.08. The van der Waals surface area contributed by atoms with Crippen LogP contribution in [0.3, 0.4) is 0 Å². The third-order valence-corrected chi connectivity index (χ3v) is 3.08. The molecule has 0 saturated heterocycles. The van der Waals surface area contributed by atoms with Gasteiger partial charge < -0.3 is 10.3 Å². The number of imidazole rings is 1. The van der Waals surface area contributed by atoms with Crippen molar-refractivity contribution in [1.82, 2.24) is 9.55 Å². The summed E-state index contributed by atoms with van der Waals surface area (Å²) in [5.41, 5.74) is 6.45. The van der Waals surface area contributed by atoms with Crippen molar-refractivity contribution in [2.45, 2.75) is 32.4 Å². The Balaban J connectivity index is 2.03. The number of aromatic nitrogens is 2. The number of rotatable bonds is 5. The van der Waals surface area contributed by atoms with Gasteiger partial charge in [0.25, 0.3) is 0 Å². The number of aryl methyl sites for hydroxylation is 1. The fourth-order valence-corrected chi connectivity index (χ4v) is 2.09. The molecule has 19 heavy (non-hydrogen) atoms. The summed E-state index contributed by atoms with van der Waals surface area (Å²) in [4.78, 5) is 4.23. The zero-order valence-corrected chi connectivity index (χ0v) is 10.8. The first-order valence-electron chi connectivity index (χ1n) is 6.29.